The Kier molecular flexibility index (Phi) is 7.06. The molecule has 0 aliphatic heterocycles. The monoisotopic (exact) mass is 458 g/mol. The van der Waals surface area contributed by atoms with Gasteiger partial charge in [-0.05, 0) is 43.7 Å². The zero-order valence-corrected chi connectivity index (χ0v) is 18.0. The predicted molar refractivity (Wildman–Crippen MR) is 116 cm³/mol. The van der Waals surface area contributed by atoms with Gasteiger partial charge in [0.05, 0.1) is 34.1 Å². The molecule has 3 rings (SSSR count). The molecule has 1 aromatic heterocycles. The van der Waals surface area contributed by atoms with Crippen LogP contribution in [0.5, 0.6) is 5.75 Å². The molecule has 0 saturated carbocycles. The van der Waals surface area contributed by atoms with Crippen LogP contribution in [-0.2, 0) is 9.53 Å². The highest BCUT2D eigenvalue weighted by Crippen LogP contribution is 2.24. The van der Waals surface area contributed by atoms with Crippen molar-refractivity contribution in [1.82, 2.24) is 9.78 Å². The number of nitro benzene ring substituents is 1. The third-order valence-electron chi connectivity index (χ3n) is 4.23. The van der Waals surface area contributed by atoms with Crippen LogP contribution < -0.4 is 10.1 Å². The van der Waals surface area contributed by atoms with Gasteiger partial charge in [-0.15, -0.1) is 0 Å². The number of anilines is 1. The maximum absolute atomic E-state index is 12.3. The maximum atomic E-state index is 12.3. The van der Waals surface area contributed by atoms with Gasteiger partial charge in [0.2, 0.25) is 5.69 Å². The minimum atomic E-state index is -0.731. The Balaban J connectivity index is 1.78. The Morgan fingerprint density at radius 3 is 2.56 bits per heavy atom. The Labute approximate surface area is 187 Å². The lowest BCUT2D eigenvalue weighted by atomic mass is 10.2. The minimum Gasteiger partial charge on any atom is -0.480 e. The highest BCUT2D eigenvalue weighted by atomic mass is 35.5. The normalized spacial score (nSPS) is 10.5. The lowest BCUT2D eigenvalue weighted by Crippen LogP contribution is -2.21. The van der Waals surface area contributed by atoms with Crippen molar-refractivity contribution in [2.45, 2.75) is 13.8 Å². The van der Waals surface area contributed by atoms with Gasteiger partial charge in [0, 0.05) is 12.1 Å². The molecule has 32 heavy (non-hydrogen) atoms. The molecule has 0 spiro atoms. The number of nitro groups is 1. The molecule has 0 saturated heterocycles. The van der Waals surface area contributed by atoms with E-state index in [2.05, 4.69) is 10.4 Å². The van der Waals surface area contributed by atoms with Crippen LogP contribution in [0.1, 0.15) is 23.0 Å². The quantitative estimate of drug-likeness (QED) is 0.308. The summed E-state index contributed by atoms with van der Waals surface area (Å²) in [6.45, 7) is 3.22. The fourth-order valence-electron chi connectivity index (χ4n) is 2.72. The highest BCUT2D eigenvalue weighted by Gasteiger charge is 2.21. The molecule has 1 heterocycles. The molecular weight excluding hydrogens is 440 g/mol. The second-order valence-electron chi connectivity index (χ2n) is 6.60. The molecule has 2 aromatic carbocycles. The van der Waals surface area contributed by atoms with E-state index in [-0.39, 0.29) is 23.7 Å². The van der Waals surface area contributed by atoms with Crippen molar-refractivity contribution in [3.63, 3.8) is 0 Å². The summed E-state index contributed by atoms with van der Waals surface area (Å²) in [5, 5.41) is 18.0. The lowest BCUT2D eigenvalue weighted by molar-refractivity contribution is -0.384. The van der Waals surface area contributed by atoms with E-state index in [9.17, 15) is 19.7 Å². The van der Waals surface area contributed by atoms with E-state index in [0.717, 1.165) is 5.56 Å². The third kappa shape index (κ3) is 5.41. The fourth-order valence-corrected chi connectivity index (χ4v) is 3.00. The summed E-state index contributed by atoms with van der Waals surface area (Å²) in [6, 6.07) is 10.7. The molecule has 0 fully saturated rings. The second kappa shape index (κ2) is 9.92. The summed E-state index contributed by atoms with van der Waals surface area (Å²) < 4.78 is 11.8. The van der Waals surface area contributed by atoms with Crippen molar-refractivity contribution in [3.8, 4) is 11.4 Å². The van der Waals surface area contributed by atoms with Crippen LogP contribution in [0.2, 0.25) is 5.02 Å². The van der Waals surface area contributed by atoms with Gasteiger partial charge in [-0.2, -0.15) is 5.10 Å². The summed E-state index contributed by atoms with van der Waals surface area (Å²) in [7, 11) is 0. The van der Waals surface area contributed by atoms with Crippen LogP contribution in [0.25, 0.3) is 5.69 Å². The number of halogens is 1. The number of aryl methyl sites for hydroxylation is 1. The molecule has 0 aliphatic rings. The van der Waals surface area contributed by atoms with Gasteiger partial charge in [-0.3, -0.25) is 14.9 Å². The van der Waals surface area contributed by atoms with Crippen LogP contribution in [0.4, 0.5) is 11.4 Å². The molecular formula is C21H19ClN4O6. The second-order valence-corrected chi connectivity index (χ2v) is 7.01. The summed E-state index contributed by atoms with van der Waals surface area (Å²) in [5.41, 5.74) is 1.60. The lowest BCUT2D eigenvalue weighted by Gasteiger charge is -2.09. The van der Waals surface area contributed by atoms with E-state index in [1.165, 1.54) is 35.1 Å². The number of nitrogens with zero attached hydrogens (tertiary/aromatic N) is 3. The summed E-state index contributed by atoms with van der Waals surface area (Å²) in [6.07, 6.45) is 1.39. The van der Waals surface area contributed by atoms with Crippen LogP contribution in [0, 0.1) is 17.0 Å². The van der Waals surface area contributed by atoms with Gasteiger partial charge in [-0.1, -0.05) is 17.7 Å². The Bertz CT molecular complexity index is 1160. The molecule has 0 aliphatic carbocycles. The summed E-state index contributed by atoms with van der Waals surface area (Å²) in [5.74, 6) is -1.20. The van der Waals surface area contributed by atoms with E-state index >= 15 is 0 Å². The number of rotatable bonds is 8. The standard InChI is InChI=1S/C21H19ClN4O6/c1-3-31-21(28)20-18(11-25(24-20)14-5-7-15(8-6-14)26(29)30)32-12-19(27)23-17-9-4-13(2)10-16(17)22/h4-11H,3,12H2,1-2H3,(H,23,27). The molecule has 3 aromatic rings. The Morgan fingerprint density at radius 1 is 1.22 bits per heavy atom. The van der Waals surface area contributed by atoms with Crippen LogP contribution >= 0.6 is 11.6 Å². The van der Waals surface area contributed by atoms with E-state index in [4.69, 9.17) is 21.1 Å². The van der Waals surface area contributed by atoms with Crippen LogP contribution in [0.3, 0.4) is 0 Å². The number of hydrogen-bond acceptors (Lipinski definition) is 7. The Morgan fingerprint density at radius 2 is 1.94 bits per heavy atom. The molecule has 1 N–H and O–H groups in total. The van der Waals surface area contributed by atoms with E-state index in [0.29, 0.717) is 16.4 Å². The zero-order chi connectivity index (χ0) is 23.3. The van der Waals surface area contributed by atoms with Crippen molar-refractivity contribution < 1.29 is 24.0 Å². The maximum Gasteiger partial charge on any atom is 0.362 e. The number of amides is 1. The molecule has 0 radical (unpaired) electrons. The molecule has 11 heteroatoms. The predicted octanol–water partition coefficient (Wildman–Crippen LogP) is 3.94. The molecule has 0 bridgehead atoms. The molecule has 0 unspecified atom stereocenters. The number of benzene rings is 2. The first kappa shape index (κ1) is 22.8. The van der Waals surface area contributed by atoms with Crippen LogP contribution in [-0.4, -0.2) is 39.8 Å². The molecule has 1 amide bonds. The molecule has 10 nitrogen and oxygen atoms in total. The first-order valence-corrected chi connectivity index (χ1v) is 9.86. The summed E-state index contributed by atoms with van der Waals surface area (Å²) >= 11 is 6.12. The first-order chi connectivity index (χ1) is 15.3. The number of carbonyl (C=O) groups is 2. The topological polar surface area (TPSA) is 126 Å². The number of aromatic nitrogens is 2. The van der Waals surface area contributed by atoms with Crippen molar-refractivity contribution in [2.75, 3.05) is 18.5 Å². The number of hydrogen-bond donors (Lipinski definition) is 1. The summed E-state index contributed by atoms with van der Waals surface area (Å²) in [4.78, 5) is 34.9. The van der Waals surface area contributed by atoms with Gasteiger partial charge in [0.25, 0.3) is 11.6 Å². The van der Waals surface area contributed by atoms with Gasteiger partial charge in [0.15, 0.2) is 12.4 Å². The number of esters is 1. The van der Waals surface area contributed by atoms with Gasteiger partial charge in [-0.25, -0.2) is 9.48 Å². The minimum absolute atomic E-state index is 0.0203. The molecule has 0 atom stereocenters. The average Bonchev–Trinajstić information content (AvgIpc) is 3.19. The van der Waals surface area contributed by atoms with Crippen LogP contribution in [0.15, 0.2) is 48.7 Å². The van der Waals surface area contributed by atoms with Gasteiger partial charge in [0.1, 0.15) is 0 Å². The third-order valence-corrected chi connectivity index (χ3v) is 4.54. The SMILES string of the molecule is CCOC(=O)c1nn(-c2ccc([N+](=O)[O-])cc2)cc1OCC(=O)Nc1ccc(C)cc1Cl. The first-order valence-electron chi connectivity index (χ1n) is 9.49. The smallest absolute Gasteiger partial charge is 0.362 e. The zero-order valence-electron chi connectivity index (χ0n) is 17.2. The van der Waals surface area contributed by atoms with Gasteiger partial charge < -0.3 is 14.8 Å². The Hall–Kier alpha value is -3.92. The van der Waals surface area contributed by atoms with Crippen molar-refractivity contribution in [3.05, 3.63) is 75.1 Å². The number of carbonyl (C=O) groups excluding carboxylic acids is 2. The number of ether oxygens (including phenoxy) is 2. The van der Waals surface area contributed by atoms with Crippen molar-refractivity contribution in [1.29, 1.82) is 0 Å². The molecule has 166 valence electrons. The highest BCUT2D eigenvalue weighted by molar-refractivity contribution is 6.33. The van der Waals surface area contributed by atoms with E-state index < -0.39 is 23.4 Å². The fraction of sp³-hybridized carbons (Fsp3) is 0.190. The average molecular weight is 459 g/mol. The van der Waals surface area contributed by atoms with Crippen molar-refractivity contribution >= 4 is 34.9 Å². The largest absolute Gasteiger partial charge is 0.480 e. The van der Waals surface area contributed by atoms with E-state index in [1.54, 1.807) is 25.1 Å². The number of non-ortho nitro benzene ring substituents is 1. The number of nitrogens with one attached hydrogen (secondary N) is 1. The van der Waals surface area contributed by atoms with Crippen molar-refractivity contribution in [2.24, 2.45) is 0 Å². The van der Waals surface area contributed by atoms with Gasteiger partial charge >= 0.3 is 5.97 Å². The van der Waals surface area contributed by atoms with E-state index in [1.807, 2.05) is 6.92 Å².